The summed E-state index contributed by atoms with van der Waals surface area (Å²) in [5, 5.41) is 0.700. The number of allylic oxidation sites excluding steroid dienone is 2. The molecule has 0 amide bonds. The van der Waals surface area contributed by atoms with Crippen molar-refractivity contribution in [2.75, 3.05) is 0 Å². The average Bonchev–Trinajstić information content (AvgIpc) is 3.75. The van der Waals surface area contributed by atoms with Gasteiger partial charge in [0.25, 0.3) is 0 Å². The molecule has 1 unspecified atom stereocenters. The summed E-state index contributed by atoms with van der Waals surface area (Å²) < 4.78 is -0.0954. The first-order valence-electron chi connectivity index (χ1n) is 17.9. The molecular weight excluding hydrogens is 553 g/mol. The van der Waals surface area contributed by atoms with Gasteiger partial charge in [0.1, 0.15) is 0 Å². The van der Waals surface area contributed by atoms with Crippen LogP contribution in [0, 0.1) is 0 Å². The Bertz CT molecular complexity index is 800. The standard InChI is InChI=1S/C35H62Cl2P2/c1-28(2)27-34(38(29-15-3-4-16-29,30-17-5-6-18-30)31-19-7-8-20-31)39(37,32-21-9-10-22-32,33-23-11-12-24-33)35(36)25-13-14-26-35/h27,29-34,38H,3-26H2,1-2H3. The van der Waals surface area contributed by atoms with Crippen molar-refractivity contribution < 1.29 is 0 Å². The van der Waals surface area contributed by atoms with E-state index < -0.39 is 13.2 Å². The van der Waals surface area contributed by atoms with Crippen molar-refractivity contribution in [1.29, 1.82) is 0 Å². The second-order valence-electron chi connectivity index (χ2n) is 15.8. The molecule has 0 bridgehead atoms. The van der Waals surface area contributed by atoms with Crippen LogP contribution in [0.1, 0.15) is 168 Å². The summed E-state index contributed by atoms with van der Waals surface area (Å²) in [6.45, 7) is 4.92. The van der Waals surface area contributed by atoms with Crippen LogP contribution in [0.4, 0.5) is 0 Å². The Morgan fingerprint density at radius 1 is 0.615 bits per heavy atom. The normalized spacial score (nSPS) is 30.7. The van der Waals surface area contributed by atoms with Crippen molar-refractivity contribution in [2.24, 2.45) is 0 Å². The Balaban J connectivity index is 1.69. The molecule has 6 saturated carbocycles. The van der Waals surface area contributed by atoms with Crippen molar-refractivity contribution >= 4 is 36.1 Å². The van der Waals surface area contributed by atoms with Crippen molar-refractivity contribution in [2.45, 2.75) is 206 Å². The van der Waals surface area contributed by atoms with Crippen LogP contribution in [0.5, 0.6) is 0 Å². The van der Waals surface area contributed by atoms with Gasteiger partial charge in [-0.15, -0.1) is 0 Å². The summed E-state index contributed by atoms with van der Waals surface area (Å²) in [5.74, 6) is -2.97. The van der Waals surface area contributed by atoms with Crippen molar-refractivity contribution in [1.82, 2.24) is 0 Å². The van der Waals surface area contributed by atoms with E-state index in [2.05, 4.69) is 19.9 Å². The van der Waals surface area contributed by atoms with Crippen LogP contribution in [0.25, 0.3) is 0 Å². The molecule has 0 aromatic carbocycles. The van der Waals surface area contributed by atoms with Gasteiger partial charge in [0.15, 0.2) is 0 Å². The van der Waals surface area contributed by atoms with E-state index in [1.807, 2.05) is 0 Å². The van der Waals surface area contributed by atoms with Gasteiger partial charge in [-0.3, -0.25) is 0 Å². The maximum atomic E-state index is 9.48. The average molecular weight is 616 g/mol. The third kappa shape index (κ3) is 4.54. The monoisotopic (exact) mass is 614 g/mol. The molecular formula is C35H62Cl2P2. The predicted octanol–water partition coefficient (Wildman–Crippen LogP) is 13.0. The van der Waals surface area contributed by atoms with Gasteiger partial charge >= 0.3 is 254 Å². The van der Waals surface area contributed by atoms with Crippen LogP contribution in [0.3, 0.4) is 0 Å². The molecule has 0 spiro atoms. The van der Waals surface area contributed by atoms with E-state index in [1.165, 1.54) is 116 Å². The Morgan fingerprint density at radius 3 is 1.28 bits per heavy atom. The van der Waals surface area contributed by atoms with Gasteiger partial charge in [0, 0.05) is 0 Å². The maximum absolute atomic E-state index is 9.48. The summed E-state index contributed by atoms with van der Waals surface area (Å²) in [7, 11) is -1.88. The third-order valence-corrected chi connectivity index (χ3v) is 37.2. The second kappa shape index (κ2) is 11.9. The van der Waals surface area contributed by atoms with Crippen LogP contribution in [-0.2, 0) is 0 Å². The summed E-state index contributed by atoms with van der Waals surface area (Å²) >= 11 is 18.0. The molecule has 6 fully saturated rings. The molecule has 0 aromatic rings. The Labute approximate surface area is 253 Å². The predicted molar refractivity (Wildman–Crippen MR) is 183 cm³/mol. The molecule has 226 valence electrons. The number of rotatable bonds is 9. The van der Waals surface area contributed by atoms with E-state index in [-0.39, 0.29) is 4.62 Å². The van der Waals surface area contributed by atoms with Gasteiger partial charge in [-0.05, 0) is 0 Å². The number of halogens is 2. The van der Waals surface area contributed by atoms with Crippen molar-refractivity contribution in [3.05, 3.63) is 11.6 Å². The van der Waals surface area contributed by atoms with Gasteiger partial charge in [-0.1, -0.05) is 0 Å². The zero-order valence-electron chi connectivity index (χ0n) is 25.7. The van der Waals surface area contributed by atoms with E-state index in [1.54, 1.807) is 44.1 Å². The SMILES string of the molecule is CC(C)=CC([PH](C1CCCC1)(C1CCCC1)C1CCCC1)P(Cl)(C1CCCC1)(C1CCCC1)C1(Cl)CCCC1. The fourth-order valence-electron chi connectivity index (χ4n) is 13.0. The molecule has 39 heavy (non-hydrogen) atoms. The molecule has 6 aliphatic rings. The number of hydrogen-bond donors (Lipinski definition) is 0. The van der Waals surface area contributed by atoms with Crippen LogP contribution in [-0.4, -0.2) is 38.3 Å². The Kier molecular flexibility index (Phi) is 9.25. The first-order valence-corrected chi connectivity index (χ1v) is 24.0. The molecule has 0 nitrogen and oxygen atoms in total. The zero-order chi connectivity index (χ0) is 27.2. The van der Waals surface area contributed by atoms with Gasteiger partial charge in [0.05, 0.1) is 0 Å². The minimum absolute atomic E-state index is 0.0954. The fraction of sp³-hybridized carbons (Fsp3) is 0.943. The van der Waals surface area contributed by atoms with Gasteiger partial charge in [0.2, 0.25) is 0 Å². The Hall–Kier alpha value is 1.18. The van der Waals surface area contributed by atoms with E-state index in [0.717, 1.165) is 28.3 Å². The third-order valence-electron chi connectivity index (χ3n) is 14.1. The molecule has 6 aliphatic carbocycles. The minimum atomic E-state index is -2.97. The number of hydrogen-bond acceptors (Lipinski definition) is 0. The molecule has 0 aromatic heterocycles. The van der Waals surface area contributed by atoms with E-state index in [9.17, 15) is 11.2 Å². The topological polar surface area (TPSA) is 0 Å². The van der Waals surface area contributed by atoms with Crippen LogP contribution in [0.2, 0.25) is 0 Å². The fourth-order valence-corrected chi connectivity index (χ4v) is 41.8. The van der Waals surface area contributed by atoms with Crippen molar-refractivity contribution in [3.63, 3.8) is 0 Å². The summed E-state index contributed by atoms with van der Waals surface area (Å²) in [6, 6.07) is 0. The molecule has 0 heterocycles. The zero-order valence-corrected chi connectivity index (χ0v) is 29.1. The van der Waals surface area contributed by atoms with E-state index >= 15 is 0 Å². The molecule has 0 N–H and O–H groups in total. The number of alkyl halides is 1. The van der Waals surface area contributed by atoms with E-state index in [4.69, 9.17) is 11.6 Å². The van der Waals surface area contributed by atoms with Crippen LogP contribution in [0.15, 0.2) is 11.6 Å². The van der Waals surface area contributed by atoms with Crippen LogP contribution < -0.4 is 0 Å². The molecule has 1 atom stereocenters. The second-order valence-corrected chi connectivity index (χ2v) is 30.0. The summed E-state index contributed by atoms with van der Waals surface area (Å²) in [5.41, 5.74) is 6.15. The molecule has 6 rings (SSSR count). The quantitative estimate of drug-likeness (QED) is 0.138. The molecule has 0 aliphatic heterocycles. The Morgan fingerprint density at radius 2 is 0.949 bits per heavy atom. The van der Waals surface area contributed by atoms with Crippen LogP contribution >= 0.6 is 36.1 Å². The molecule has 0 saturated heterocycles. The van der Waals surface area contributed by atoms with Gasteiger partial charge in [-0.25, -0.2) is 0 Å². The van der Waals surface area contributed by atoms with Gasteiger partial charge < -0.3 is 0 Å². The first-order chi connectivity index (χ1) is 18.9. The first kappa shape index (κ1) is 30.2. The van der Waals surface area contributed by atoms with Crippen molar-refractivity contribution in [3.8, 4) is 0 Å². The summed E-state index contributed by atoms with van der Waals surface area (Å²) in [6.07, 6.45) is 37.7. The van der Waals surface area contributed by atoms with Gasteiger partial charge in [-0.2, -0.15) is 0 Å². The van der Waals surface area contributed by atoms with E-state index in [0.29, 0.717) is 5.40 Å². The molecule has 0 radical (unpaired) electrons. The summed E-state index contributed by atoms with van der Waals surface area (Å²) in [4.78, 5) is 0. The molecule has 4 heteroatoms.